The van der Waals surface area contributed by atoms with Gasteiger partial charge in [0.2, 0.25) is 0 Å². The summed E-state index contributed by atoms with van der Waals surface area (Å²) in [5, 5.41) is 0. The molecular weight excluding hydrogens is 207 g/mol. The standard InChI is InChI=1S/H3IO5/c2-1(3,4,5)6/h2-4H. The van der Waals surface area contributed by atoms with Crippen LogP contribution in [0.2, 0.25) is 0 Å². The van der Waals surface area contributed by atoms with E-state index in [1.54, 1.807) is 0 Å². The van der Waals surface area contributed by atoms with Crippen molar-refractivity contribution in [3.63, 3.8) is 0 Å². The number of hydrogen-bond donors (Lipinski definition) is 3. The van der Waals surface area contributed by atoms with Crippen molar-refractivity contribution in [3.8, 4) is 0 Å². The Morgan fingerprint density at radius 1 is 1.00 bits per heavy atom. The van der Waals surface area contributed by atoms with Crippen molar-refractivity contribution in [2.45, 2.75) is 0 Å². The minimum absolute atomic E-state index is 7.05. The van der Waals surface area contributed by atoms with E-state index in [4.69, 9.17) is 17.2 Å². The van der Waals surface area contributed by atoms with Crippen LogP contribution in [-0.2, 0) is 0 Å². The van der Waals surface area contributed by atoms with E-state index >= 15 is 0 Å². The molecule has 0 aliphatic carbocycles. The Bertz CT molecular complexity index is 37.1. The van der Waals surface area contributed by atoms with Gasteiger partial charge in [-0.2, -0.15) is 0 Å². The molecular formula is H3IO5. The van der Waals surface area contributed by atoms with Crippen molar-refractivity contribution in [1.29, 1.82) is 0 Å². The molecule has 0 amide bonds. The third-order valence-corrected chi connectivity index (χ3v) is 0. The Kier molecular flexibility index (Phi) is 1.11. The maximum absolute atomic E-state index is 8.98. The van der Waals surface area contributed by atoms with Gasteiger partial charge < -0.3 is 0 Å². The monoisotopic (exact) mass is 210 g/mol. The van der Waals surface area contributed by atoms with Gasteiger partial charge in [0.1, 0.15) is 0 Å². The summed E-state index contributed by atoms with van der Waals surface area (Å²) in [6.45, 7) is 0. The summed E-state index contributed by atoms with van der Waals surface area (Å²) in [4.78, 5) is 0. The molecule has 0 heterocycles. The summed E-state index contributed by atoms with van der Waals surface area (Å²) in [7, 11) is 0. The van der Waals surface area contributed by atoms with Crippen LogP contribution >= 0.6 is 0 Å². The van der Waals surface area contributed by atoms with Crippen molar-refractivity contribution in [2.24, 2.45) is 0 Å². The van der Waals surface area contributed by atoms with E-state index in [0.29, 0.717) is 0 Å². The van der Waals surface area contributed by atoms with Crippen molar-refractivity contribution in [2.75, 3.05) is 0 Å². The average Bonchev–Trinajstić information content (AvgIpc) is 0.650. The van der Waals surface area contributed by atoms with Gasteiger partial charge >= 0.3 is 36.3 Å². The zero-order valence-corrected chi connectivity index (χ0v) is 4.69. The van der Waals surface area contributed by atoms with Gasteiger partial charge in [-0.15, -0.1) is 0 Å². The van der Waals surface area contributed by atoms with E-state index in [-0.39, 0.29) is 0 Å². The summed E-state index contributed by atoms with van der Waals surface area (Å²) < 4.78 is 39.5. The first-order valence-electron chi connectivity index (χ1n) is 0.816. The molecule has 0 saturated heterocycles. The van der Waals surface area contributed by atoms with Gasteiger partial charge in [0, 0.05) is 0 Å². The fraction of sp³-hybridized carbons (Fsp3) is 0. The Morgan fingerprint density at radius 2 is 1.00 bits per heavy atom. The Labute approximate surface area is 36.9 Å². The van der Waals surface area contributed by atoms with E-state index in [9.17, 15) is 0 Å². The molecule has 0 aromatic carbocycles. The quantitative estimate of drug-likeness (QED) is 0.344. The van der Waals surface area contributed by atoms with E-state index < -0.39 is 19.1 Å². The number of rotatable bonds is 0. The topological polar surface area (TPSA) is 107 Å². The fourth-order valence-corrected chi connectivity index (χ4v) is 0. The molecule has 0 aliphatic heterocycles. The van der Waals surface area contributed by atoms with Crippen LogP contribution in [0.3, 0.4) is 0 Å². The third kappa shape index (κ3) is 201. The van der Waals surface area contributed by atoms with E-state index in [1.165, 1.54) is 0 Å². The molecule has 0 saturated carbocycles. The first-order valence-corrected chi connectivity index (χ1v) is 5.47. The second kappa shape index (κ2) is 1.02. The molecule has 0 aliphatic rings. The van der Waals surface area contributed by atoms with Crippen LogP contribution in [0.15, 0.2) is 0 Å². The first kappa shape index (κ1) is 6.53. The molecule has 3 N–H and O–H groups in total. The Morgan fingerprint density at radius 3 is 1.00 bits per heavy atom. The molecule has 0 radical (unpaired) electrons. The molecule has 0 unspecified atom stereocenters. The summed E-state index contributed by atoms with van der Waals surface area (Å²) in [6.07, 6.45) is 0. The average molecular weight is 210 g/mol. The molecule has 0 bridgehead atoms. The van der Waals surface area contributed by atoms with Gasteiger partial charge in [-0.25, -0.2) is 0 Å². The van der Waals surface area contributed by atoms with Gasteiger partial charge in [0.05, 0.1) is 0 Å². The van der Waals surface area contributed by atoms with Gasteiger partial charge in [0.15, 0.2) is 0 Å². The molecule has 5 nitrogen and oxygen atoms in total. The molecule has 0 fully saturated rings. The predicted octanol–water partition coefficient (Wildman–Crippen LogP) is -7.04. The molecule has 0 aromatic heterocycles. The predicted molar refractivity (Wildman–Crippen MR) is 6.66 cm³/mol. The van der Waals surface area contributed by atoms with Crippen molar-refractivity contribution >= 4 is 0 Å². The summed E-state index contributed by atoms with van der Waals surface area (Å²) >= 11 is -7.05. The Balaban J connectivity index is 3.73. The van der Waals surface area contributed by atoms with Crippen molar-refractivity contribution < 1.29 is 36.3 Å². The second-order valence-electron chi connectivity index (χ2n) is 0.704. The van der Waals surface area contributed by atoms with Crippen LogP contribution in [0, 0.1) is 0 Å². The molecule has 40 valence electrons. The SMILES string of the molecule is [O-][I+2]([O-])(O)(O)O. The zero-order chi connectivity index (χ0) is 5.45. The van der Waals surface area contributed by atoms with Crippen LogP contribution in [0.25, 0.3) is 0 Å². The molecule has 0 spiro atoms. The van der Waals surface area contributed by atoms with Crippen LogP contribution in [0.5, 0.6) is 0 Å². The van der Waals surface area contributed by atoms with Crippen LogP contribution < -0.4 is 26.0 Å². The molecule has 0 aromatic rings. The Hall–Kier alpha value is 0.530. The number of halogens is 1. The van der Waals surface area contributed by atoms with Gasteiger partial charge in [-0.1, -0.05) is 0 Å². The number of hydrogen-bond acceptors (Lipinski definition) is 5. The maximum atomic E-state index is 8.98. The van der Waals surface area contributed by atoms with Gasteiger partial charge in [-0.3, -0.25) is 0 Å². The third-order valence-electron chi connectivity index (χ3n) is 0. The van der Waals surface area contributed by atoms with Crippen LogP contribution in [-0.4, -0.2) is 10.3 Å². The van der Waals surface area contributed by atoms with E-state index in [0.717, 1.165) is 0 Å². The van der Waals surface area contributed by atoms with E-state index in [1.807, 2.05) is 0 Å². The molecule has 6 heteroatoms. The van der Waals surface area contributed by atoms with Crippen molar-refractivity contribution in [1.82, 2.24) is 0 Å². The van der Waals surface area contributed by atoms with Crippen LogP contribution in [0.1, 0.15) is 0 Å². The summed E-state index contributed by atoms with van der Waals surface area (Å²) in [6, 6.07) is 0. The summed E-state index contributed by atoms with van der Waals surface area (Å²) in [5.41, 5.74) is 0. The molecule has 6 heavy (non-hydrogen) atoms. The molecule has 0 rings (SSSR count). The van der Waals surface area contributed by atoms with Gasteiger partial charge in [0.25, 0.3) is 0 Å². The van der Waals surface area contributed by atoms with E-state index in [2.05, 4.69) is 0 Å². The second-order valence-corrected chi connectivity index (χ2v) is 4.72. The molecule has 0 atom stereocenters. The fourth-order valence-electron chi connectivity index (χ4n) is 0. The van der Waals surface area contributed by atoms with Crippen LogP contribution in [0.4, 0.5) is 0 Å². The van der Waals surface area contributed by atoms with Gasteiger partial charge in [-0.05, 0) is 0 Å². The first-order chi connectivity index (χ1) is 2.24. The normalized spacial score (nSPS) is 19.2. The zero-order valence-electron chi connectivity index (χ0n) is 2.54. The van der Waals surface area contributed by atoms with Crippen molar-refractivity contribution in [3.05, 3.63) is 0 Å². The minimum atomic E-state index is -7.05. The summed E-state index contributed by atoms with van der Waals surface area (Å²) in [5.74, 6) is 0.